The third-order valence-electron chi connectivity index (χ3n) is 3.19. The van der Waals surface area contributed by atoms with Gasteiger partial charge in [-0.05, 0) is 24.5 Å². The lowest BCUT2D eigenvalue weighted by atomic mass is 10.1. The fourth-order valence-electron chi connectivity index (χ4n) is 1.94. The Hall–Kier alpha value is -0.980. The van der Waals surface area contributed by atoms with Gasteiger partial charge < -0.3 is 5.32 Å². The van der Waals surface area contributed by atoms with Crippen molar-refractivity contribution in [2.75, 3.05) is 23.7 Å². The first-order chi connectivity index (χ1) is 10.6. The topological polar surface area (TPSA) is 66.5 Å². The summed E-state index contributed by atoms with van der Waals surface area (Å²) >= 11 is 12.0. The molecule has 1 rings (SSSR count). The SMILES string of the molecule is CC(C)CCNC(=O)CCN(c1cccc(Cl)c1Cl)S(C)(=O)=O. The van der Waals surface area contributed by atoms with E-state index in [2.05, 4.69) is 19.2 Å². The first-order valence-electron chi connectivity index (χ1n) is 7.31. The molecule has 0 bridgehead atoms. The maximum Gasteiger partial charge on any atom is 0.232 e. The number of hydrogen-bond donors (Lipinski definition) is 1. The lowest BCUT2D eigenvalue weighted by Crippen LogP contribution is -2.35. The summed E-state index contributed by atoms with van der Waals surface area (Å²) in [6, 6.07) is 4.75. The highest BCUT2D eigenvalue weighted by atomic mass is 35.5. The summed E-state index contributed by atoms with van der Waals surface area (Å²) in [5.41, 5.74) is 0.275. The van der Waals surface area contributed by atoms with E-state index in [0.717, 1.165) is 17.0 Å². The number of rotatable bonds is 8. The van der Waals surface area contributed by atoms with E-state index in [1.165, 1.54) is 0 Å². The van der Waals surface area contributed by atoms with E-state index >= 15 is 0 Å². The second-order valence-electron chi connectivity index (χ2n) is 5.69. The van der Waals surface area contributed by atoms with Crippen LogP contribution in [-0.4, -0.2) is 33.7 Å². The van der Waals surface area contributed by atoms with Gasteiger partial charge in [0.15, 0.2) is 0 Å². The Labute approximate surface area is 148 Å². The lowest BCUT2D eigenvalue weighted by molar-refractivity contribution is -0.120. The summed E-state index contributed by atoms with van der Waals surface area (Å²) in [6.45, 7) is 4.72. The maximum atomic E-state index is 12.0. The molecule has 0 heterocycles. The lowest BCUT2D eigenvalue weighted by Gasteiger charge is -2.23. The van der Waals surface area contributed by atoms with Crippen molar-refractivity contribution in [2.24, 2.45) is 5.92 Å². The van der Waals surface area contributed by atoms with Crippen molar-refractivity contribution < 1.29 is 13.2 Å². The molecule has 0 aromatic heterocycles. The van der Waals surface area contributed by atoms with E-state index in [4.69, 9.17) is 23.2 Å². The highest BCUT2D eigenvalue weighted by molar-refractivity contribution is 7.92. The van der Waals surface area contributed by atoms with Gasteiger partial charge in [0.1, 0.15) is 0 Å². The van der Waals surface area contributed by atoms with E-state index in [9.17, 15) is 13.2 Å². The van der Waals surface area contributed by atoms with Crippen LogP contribution < -0.4 is 9.62 Å². The molecule has 0 aliphatic rings. The minimum atomic E-state index is -3.58. The predicted molar refractivity (Wildman–Crippen MR) is 95.7 cm³/mol. The molecule has 0 spiro atoms. The summed E-state index contributed by atoms with van der Waals surface area (Å²) in [7, 11) is -3.58. The molecule has 1 aromatic rings. The first kappa shape index (κ1) is 20.1. The molecule has 0 atom stereocenters. The Morgan fingerprint density at radius 3 is 2.52 bits per heavy atom. The van der Waals surface area contributed by atoms with Crippen LogP contribution in [0.2, 0.25) is 10.0 Å². The number of benzene rings is 1. The number of carbonyl (C=O) groups is 1. The van der Waals surface area contributed by atoms with Gasteiger partial charge in [-0.1, -0.05) is 43.1 Å². The quantitative estimate of drug-likeness (QED) is 0.751. The zero-order valence-electron chi connectivity index (χ0n) is 13.5. The highest BCUT2D eigenvalue weighted by Gasteiger charge is 2.21. The van der Waals surface area contributed by atoms with Crippen molar-refractivity contribution in [2.45, 2.75) is 26.7 Å². The zero-order valence-corrected chi connectivity index (χ0v) is 15.8. The van der Waals surface area contributed by atoms with Crippen molar-refractivity contribution >= 4 is 44.8 Å². The van der Waals surface area contributed by atoms with E-state index in [1.54, 1.807) is 18.2 Å². The van der Waals surface area contributed by atoms with Crippen molar-refractivity contribution in [3.63, 3.8) is 0 Å². The summed E-state index contributed by atoms with van der Waals surface area (Å²) in [4.78, 5) is 11.8. The molecule has 0 aliphatic carbocycles. The van der Waals surface area contributed by atoms with Gasteiger partial charge in [0.25, 0.3) is 0 Å². The Bertz CT molecular complexity index is 648. The van der Waals surface area contributed by atoms with Crippen LogP contribution in [0.4, 0.5) is 5.69 Å². The third-order valence-corrected chi connectivity index (χ3v) is 5.17. The molecule has 0 saturated carbocycles. The van der Waals surface area contributed by atoms with Crippen molar-refractivity contribution in [1.29, 1.82) is 0 Å². The second-order valence-corrected chi connectivity index (χ2v) is 8.38. The third kappa shape index (κ3) is 6.57. The number of hydrogen-bond acceptors (Lipinski definition) is 3. The number of carbonyl (C=O) groups excluding carboxylic acids is 1. The summed E-state index contributed by atoms with van der Waals surface area (Å²) < 4.78 is 25.1. The first-order valence-corrected chi connectivity index (χ1v) is 9.91. The summed E-state index contributed by atoms with van der Waals surface area (Å²) in [5.74, 6) is 0.297. The number of amides is 1. The van der Waals surface area contributed by atoms with Gasteiger partial charge in [-0.2, -0.15) is 0 Å². The molecule has 0 unspecified atom stereocenters. The number of nitrogens with zero attached hydrogens (tertiary/aromatic N) is 1. The Kier molecular flexibility index (Phi) is 7.64. The molecule has 0 aliphatic heterocycles. The minimum absolute atomic E-state index is 0.00636. The molecule has 8 heteroatoms. The number of nitrogens with one attached hydrogen (secondary N) is 1. The van der Waals surface area contributed by atoms with Crippen LogP contribution in [0.1, 0.15) is 26.7 Å². The molecule has 1 N–H and O–H groups in total. The number of anilines is 1. The van der Waals surface area contributed by atoms with Crippen LogP contribution in [0.15, 0.2) is 18.2 Å². The maximum absolute atomic E-state index is 12.0. The van der Waals surface area contributed by atoms with Gasteiger partial charge in [-0.25, -0.2) is 8.42 Å². The average Bonchev–Trinajstić information content (AvgIpc) is 2.41. The Morgan fingerprint density at radius 2 is 1.96 bits per heavy atom. The predicted octanol–water partition coefficient (Wildman–Crippen LogP) is 3.31. The minimum Gasteiger partial charge on any atom is -0.356 e. The molecule has 0 fully saturated rings. The molecule has 130 valence electrons. The van der Waals surface area contributed by atoms with Crippen molar-refractivity contribution in [3.05, 3.63) is 28.2 Å². The van der Waals surface area contributed by atoms with Gasteiger partial charge in [-0.3, -0.25) is 9.10 Å². The molecule has 5 nitrogen and oxygen atoms in total. The second kappa shape index (κ2) is 8.76. The van der Waals surface area contributed by atoms with Gasteiger partial charge in [0, 0.05) is 19.5 Å². The van der Waals surface area contributed by atoms with Crippen LogP contribution in [0.25, 0.3) is 0 Å². The van der Waals surface area contributed by atoms with Crippen molar-refractivity contribution in [3.8, 4) is 0 Å². The molecule has 0 saturated heterocycles. The van der Waals surface area contributed by atoms with Crippen LogP contribution in [0, 0.1) is 5.92 Å². The Morgan fingerprint density at radius 1 is 1.30 bits per heavy atom. The largest absolute Gasteiger partial charge is 0.356 e. The van der Waals surface area contributed by atoms with E-state index in [1.807, 2.05) is 0 Å². The Balaban J connectivity index is 2.78. The van der Waals surface area contributed by atoms with Gasteiger partial charge in [0.05, 0.1) is 22.0 Å². The summed E-state index contributed by atoms with van der Waals surface area (Å²) in [5, 5.41) is 3.19. The van der Waals surface area contributed by atoms with Gasteiger partial charge in [0.2, 0.25) is 15.9 Å². The van der Waals surface area contributed by atoms with E-state index in [0.29, 0.717) is 12.5 Å². The fraction of sp³-hybridized carbons (Fsp3) is 0.533. The van der Waals surface area contributed by atoms with E-state index < -0.39 is 10.0 Å². The smallest absolute Gasteiger partial charge is 0.232 e. The highest BCUT2D eigenvalue weighted by Crippen LogP contribution is 2.33. The van der Waals surface area contributed by atoms with Crippen molar-refractivity contribution in [1.82, 2.24) is 5.32 Å². The fourth-order valence-corrected chi connectivity index (χ4v) is 3.32. The molecular weight excluding hydrogens is 359 g/mol. The van der Waals surface area contributed by atoms with Crippen LogP contribution in [-0.2, 0) is 14.8 Å². The monoisotopic (exact) mass is 380 g/mol. The molecule has 1 amide bonds. The standard InChI is InChI=1S/C15H22Cl2N2O3S/c1-11(2)7-9-18-14(20)8-10-19(23(3,21)22)13-6-4-5-12(16)15(13)17/h4-6,11H,7-10H2,1-3H3,(H,18,20). The molecule has 23 heavy (non-hydrogen) atoms. The van der Waals surface area contributed by atoms with Gasteiger partial charge in [-0.15, -0.1) is 0 Å². The average molecular weight is 381 g/mol. The molecule has 1 aromatic carbocycles. The number of halogens is 2. The van der Waals surface area contributed by atoms with Crippen LogP contribution in [0.3, 0.4) is 0 Å². The van der Waals surface area contributed by atoms with Crippen LogP contribution in [0.5, 0.6) is 0 Å². The summed E-state index contributed by atoms with van der Waals surface area (Å²) in [6.07, 6.45) is 2.00. The van der Waals surface area contributed by atoms with Gasteiger partial charge >= 0.3 is 0 Å². The zero-order chi connectivity index (χ0) is 17.6. The number of sulfonamides is 1. The molecular formula is C15H22Cl2N2O3S. The van der Waals surface area contributed by atoms with Crippen LogP contribution >= 0.6 is 23.2 Å². The molecule has 0 radical (unpaired) electrons. The normalized spacial score (nSPS) is 11.6. The van der Waals surface area contributed by atoms with E-state index in [-0.39, 0.29) is 34.6 Å².